The fraction of sp³-hybridized carbons (Fsp3) is 0.105. The van der Waals surface area contributed by atoms with E-state index >= 15 is 0 Å². The molecule has 0 unspecified atom stereocenters. The van der Waals surface area contributed by atoms with Gasteiger partial charge < -0.3 is 0 Å². The van der Waals surface area contributed by atoms with E-state index in [4.69, 9.17) is 11.6 Å². The predicted molar refractivity (Wildman–Crippen MR) is 98.9 cm³/mol. The highest BCUT2D eigenvalue weighted by atomic mass is 35.5. The molecule has 25 heavy (non-hydrogen) atoms. The van der Waals surface area contributed by atoms with Crippen LogP contribution in [0.3, 0.4) is 0 Å². The van der Waals surface area contributed by atoms with Crippen molar-refractivity contribution in [3.63, 3.8) is 0 Å². The number of nitrogens with zero attached hydrogens (tertiary/aromatic N) is 3. The zero-order valence-corrected chi connectivity index (χ0v) is 14.7. The van der Waals surface area contributed by atoms with Gasteiger partial charge >= 0.3 is 0 Å². The zero-order valence-electron chi connectivity index (χ0n) is 13.9. The highest BCUT2D eigenvalue weighted by molar-refractivity contribution is 6.33. The third-order valence-corrected chi connectivity index (χ3v) is 4.18. The molecular weight excluding hydrogens is 336 g/mol. The van der Waals surface area contributed by atoms with Crippen molar-refractivity contribution < 1.29 is 4.79 Å². The predicted octanol–water partition coefficient (Wildman–Crippen LogP) is 3.56. The van der Waals surface area contributed by atoms with Gasteiger partial charge in [-0.3, -0.25) is 9.48 Å². The summed E-state index contributed by atoms with van der Waals surface area (Å²) in [5.41, 5.74) is 5.97. The third kappa shape index (κ3) is 3.61. The van der Waals surface area contributed by atoms with Crippen LogP contribution in [0.1, 0.15) is 27.2 Å². The van der Waals surface area contributed by atoms with Crippen molar-refractivity contribution in [1.29, 1.82) is 0 Å². The van der Waals surface area contributed by atoms with E-state index in [2.05, 4.69) is 15.6 Å². The number of carbonyl (C=O) groups excluding carboxylic acids is 1. The first-order valence-corrected chi connectivity index (χ1v) is 8.13. The number of hydrogen-bond donors (Lipinski definition) is 1. The van der Waals surface area contributed by atoms with Crippen LogP contribution in [0, 0.1) is 6.92 Å². The molecule has 0 aliphatic carbocycles. The molecule has 1 aromatic heterocycles. The Balaban J connectivity index is 1.96. The summed E-state index contributed by atoms with van der Waals surface area (Å²) in [6.07, 6.45) is 0. The standard InChI is InChI=1S/C19H17ClN4O/c1-13-16(18(20)24(2)23-13)19(25)22-21-17(14-9-5-3-6-10-14)15-11-7-4-8-12-15/h3-12H,1-2H3,(H,22,25). The van der Waals surface area contributed by atoms with E-state index in [0.717, 1.165) is 11.1 Å². The molecule has 3 aromatic rings. The maximum absolute atomic E-state index is 12.5. The Kier molecular flexibility index (Phi) is 4.95. The van der Waals surface area contributed by atoms with Gasteiger partial charge in [-0.05, 0) is 6.92 Å². The van der Waals surface area contributed by atoms with Gasteiger partial charge in [0.05, 0.1) is 11.4 Å². The Hall–Kier alpha value is -2.92. The van der Waals surface area contributed by atoms with Crippen LogP contribution in [-0.4, -0.2) is 21.4 Å². The summed E-state index contributed by atoms with van der Waals surface area (Å²) in [7, 11) is 1.69. The summed E-state index contributed by atoms with van der Waals surface area (Å²) in [5.74, 6) is -0.389. The van der Waals surface area contributed by atoms with Gasteiger partial charge in [0.1, 0.15) is 10.7 Å². The zero-order chi connectivity index (χ0) is 17.8. The number of aromatic nitrogens is 2. The van der Waals surface area contributed by atoms with E-state index < -0.39 is 0 Å². The van der Waals surface area contributed by atoms with Crippen LogP contribution in [0.5, 0.6) is 0 Å². The Bertz CT molecular complexity index is 876. The number of rotatable bonds is 4. The normalized spacial score (nSPS) is 10.4. The van der Waals surface area contributed by atoms with Gasteiger partial charge in [0.15, 0.2) is 0 Å². The highest BCUT2D eigenvalue weighted by Gasteiger charge is 2.19. The Labute approximate surface area is 150 Å². The molecule has 0 bridgehead atoms. The van der Waals surface area contributed by atoms with Crippen LogP contribution in [-0.2, 0) is 7.05 Å². The monoisotopic (exact) mass is 352 g/mol. The third-order valence-electron chi connectivity index (χ3n) is 3.74. The molecule has 1 N–H and O–H groups in total. The van der Waals surface area contributed by atoms with E-state index in [1.54, 1.807) is 14.0 Å². The number of nitrogens with one attached hydrogen (secondary N) is 1. The van der Waals surface area contributed by atoms with E-state index in [0.29, 0.717) is 17.0 Å². The first kappa shape index (κ1) is 16.9. The fourth-order valence-electron chi connectivity index (χ4n) is 2.54. The van der Waals surface area contributed by atoms with E-state index in [1.807, 2.05) is 60.7 Å². The van der Waals surface area contributed by atoms with Crippen molar-refractivity contribution in [2.24, 2.45) is 12.1 Å². The van der Waals surface area contributed by atoms with Gasteiger partial charge in [0.2, 0.25) is 0 Å². The van der Waals surface area contributed by atoms with Gasteiger partial charge in [-0.2, -0.15) is 10.2 Å². The maximum Gasteiger partial charge on any atom is 0.276 e. The van der Waals surface area contributed by atoms with E-state index in [9.17, 15) is 4.79 Å². The van der Waals surface area contributed by atoms with Crippen molar-refractivity contribution in [3.05, 3.63) is 88.2 Å². The van der Waals surface area contributed by atoms with Gasteiger partial charge in [-0.25, -0.2) is 5.43 Å². The molecule has 2 aromatic carbocycles. The Morgan fingerprint density at radius 3 is 2.00 bits per heavy atom. The van der Waals surface area contributed by atoms with Crippen molar-refractivity contribution in [3.8, 4) is 0 Å². The molecule has 0 saturated carbocycles. The number of hydrazone groups is 1. The first-order chi connectivity index (χ1) is 12.1. The summed E-state index contributed by atoms with van der Waals surface area (Å²) in [6.45, 7) is 1.74. The summed E-state index contributed by atoms with van der Waals surface area (Å²) < 4.78 is 1.46. The lowest BCUT2D eigenvalue weighted by Crippen LogP contribution is -2.21. The minimum Gasteiger partial charge on any atom is -0.267 e. The largest absolute Gasteiger partial charge is 0.276 e. The van der Waals surface area contributed by atoms with Crippen molar-refractivity contribution >= 4 is 23.2 Å². The van der Waals surface area contributed by atoms with Crippen LogP contribution < -0.4 is 5.43 Å². The Morgan fingerprint density at radius 2 is 1.56 bits per heavy atom. The molecule has 5 nitrogen and oxygen atoms in total. The average Bonchev–Trinajstić information content (AvgIpc) is 2.89. The van der Waals surface area contributed by atoms with Crippen LogP contribution in [0.25, 0.3) is 0 Å². The summed E-state index contributed by atoms with van der Waals surface area (Å²) in [4.78, 5) is 12.5. The molecule has 6 heteroatoms. The molecule has 0 aliphatic heterocycles. The first-order valence-electron chi connectivity index (χ1n) is 7.76. The topological polar surface area (TPSA) is 59.3 Å². The summed E-state index contributed by atoms with van der Waals surface area (Å²) >= 11 is 6.15. The lowest BCUT2D eigenvalue weighted by Gasteiger charge is -2.08. The van der Waals surface area contributed by atoms with Crippen molar-refractivity contribution in [2.75, 3.05) is 0 Å². The average molecular weight is 353 g/mol. The van der Waals surface area contributed by atoms with Crippen LogP contribution in [0.15, 0.2) is 65.8 Å². The quantitative estimate of drug-likeness (QED) is 0.576. The second kappa shape index (κ2) is 7.32. The number of benzene rings is 2. The molecule has 0 saturated heterocycles. The number of aryl methyl sites for hydroxylation is 2. The smallest absolute Gasteiger partial charge is 0.267 e. The number of halogens is 1. The number of amides is 1. The lowest BCUT2D eigenvalue weighted by molar-refractivity contribution is 0.0954. The molecule has 0 aliphatic rings. The minimum absolute atomic E-state index is 0.283. The maximum atomic E-state index is 12.5. The second-order valence-corrected chi connectivity index (χ2v) is 5.87. The molecule has 0 radical (unpaired) electrons. The molecule has 1 amide bonds. The van der Waals surface area contributed by atoms with Gasteiger partial charge in [0, 0.05) is 18.2 Å². The molecule has 0 spiro atoms. The van der Waals surface area contributed by atoms with E-state index in [-0.39, 0.29) is 11.1 Å². The molecule has 0 atom stereocenters. The summed E-state index contributed by atoms with van der Waals surface area (Å²) in [5, 5.41) is 8.79. The van der Waals surface area contributed by atoms with E-state index in [1.165, 1.54) is 4.68 Å². The number of hydrogen-bond acceptors (Lipinski definition) is 3. The van der Waals surface area contributed by atoms with Crippen molar-refractivity contribution in [1.82, 2.24) is 15.2 Å². The van der Waals surface area contributed by atoms with Crippen LogP contribution >= 0.6 is 11.6 Å². The highest BCUT2D eigenvalue weighted by Crippen LogP contribution is 2.18. The second-order valence-electron chi connectivity index (χ2n) is 5.51. The van der Waals surface area contributed by atoms with Gasteiger partial charge in [0.25, 0.3) is 5.91 Å². The van der Waals surface area contributed by atoms with Crippen LogP contribution in [0.2, 0.25) is 5.15 Å². The van der Waals surface area contributed by atoms with Crippen LogP contribution in [0.4, 0.5) is 0 Å². The Morgan fingerprint density at radius 1 is 1.04 bits per heavy atom. The minimum atomic E-state index is -0.389. The molecular formula is C19H17ClN4O. The van der Waals surface area contributed by atoms with Crippen molar-refractivity contribution in [2.45, 2.75) is 6.92 Å². The molecule has 3 rings (SSSR count). The molecule has 0 fully saturated rings. The van der Waals surface area contributed by atoms with Gasteiger partial charge in [-0.15, -0.1) is 0 Å². The lowest BCUT2D eigenvalue weighted by atomic mass is 10.0. The van der Waals surface area contributed by atoms with Gasteiger partial charge in [-0.1, -0.05) is 72.3 Å². The molecule has 1 heterocycles. The SMILES string of the molecule is Cc1nn(C)c(Cl)c1C(=O)NN=C(c1ccccc1)c1ccccc1. The number of carbonyl (C=O) groups is 1. The summed E-state index contributed by atoms with van der Waals surface area (Å²) in [6, 6.07) is 19.4. The fourth-order valence-corrected chi connectivity index (χ4v) is 2.80. The molecule has 126 valence electrons.